The van der Waals surface area contributed by atoms with Gasteiger partial charge in [-0.2, -0.15) is 13.2 Å². The zero-order valence-electron chi connectivity index (χ0n) is 13.0. The second-order valence-electron chi connectivity index (χ2n) is 5.71. The Bertz CT molecular complexity index is 964. The summed E-state index contributed by atoms with van der Waals surface area (Å²) in [6, 6.07) is 2.04. The van der Waals surface area contributed by atoms with Crippen LogP contribution in [0.1, 0.15) is 23.9 Å². The first-order valence-electron chi connectivity index (χ1n) is 7.47. The summed E-state index contributed by atoms with van der Waals surface area (Å²) in [6.07, 6.45) is -4.15. The summed E-state index contributed by atoms with van der Waals surface area (Å²) in [4.78, 5) is 4.43. The first-order chi connectivity index (χ1) is 11.9. The van der Waals surface area contributed by atoms with Crippen LogP contribution in [0.15, 0.2) is 12.1 Å². The molecule has 4 rings (SSSR count). The highest BCUT2D eigenvalue weighted by Crippen LogP contribution is 2.36. The van der Waals surface area contributed by atoms with Crippen molar-refractivity contribution < 1.29 is 27.0 Å². The Kier molecular flexibility index (Phi) is 3.53. The summed E-state index contributed by atoms with van der Waals surface area (Å²) in [5.41, 5.74) is 0.288. The Labute approximate surface area is 138 Å². The van der Waals surface area contributed by atoms with Crippen LogP contribution >= 0.6 is 0 Å². The van der Waals surface area contributed by atoms with E-state index in [-0.39, 0.29) is 28.3 Å². The van der Waals surface area contributed by atoms with Gasteiger partial charge in [0.2, 0.25) is 5.82 Å². The van der Waals surface area contributed by atoms with Crippen molar-refractivity contribution in [3.8, 4) is 5.75 Å². The van der Waals surface area contributed by atoms with Crippen molar-refractivity contribution in [2.24, 2.45) is 0 Å². The lowest BCUT2D eigenvalue weighted by Gasteiger charge is -2.14. The standard InChI is InChI=1S/C15H12F4N4O2/c1-24-10-5-8(16)4-9-12(10)20-11(7-2-3-25-6-7)13-21-22-14(23(9)13)15(17,18)19/h4-5,7H,2-3,6H2,1H3. The van der Waals surface area contributed by atoms with E-state index in [1.54, 1.807) is 0 Å². The molecule has 1 saturated heterocycles. The quantitative estimate of drug-likeness (QED) is 0.661. The maximum absolute atomic E-state index is 13.9. The topological polar surface area (TPSA) is 61.5 Å². The molecule has 1 aromatic carbocycles. The van der Waals surface area contributed by atoms with Crippen LogP contribution in [0, 0.1) is 5.82 Å². The number of ether oxygens (including phenoxy) is 2. The monoisotopic (exact) mass is 356 g/mol. The van der Waals surface area contributed by atoms with Crippen molar-refractivity contribution >= 4 is 16.7 Å². The SMILES string of the molecule is COc1cc(F)cc2c1nc(C1CCOC1)c1nnc(C(F)(F)F)n12. The van der Waals surface area contributed by atoms with Crippen molar-refractivity contribution in [3.05, 3.63) is 29.5 Å². The molecule has 0 bridgehead atoms. The lowest BCUT2D eigenvalue weighted by molar-refractivity contribution is -0.145. The molecule has 0 amide bonds. The van der Waals surface area contributed by atoms with Crippen LogP contribution in [-0.2, 0) is 10.9 Å². The Morgan fingerprint density at radius 2 is 2.08 bits per heavy atom. The van der Waals surface area contributed by atoms with E-state index in [9.17, 15) is 17.6 Å². The molecule has 0 saturated carbocycles. The molecule has 3 aromatic rings. The van der Waals surface area contributed by atoms with Gasteiger partial charge >= 0.3 is 6.18 Å². The fourth-order valence-corrected chi connectivity index (χ4v) is 3.06. The number of alkyl halides is 3. The molecular formula is C15H12F4N4O2. The Morgan fingerprint density at radius 1 is 1.28 bits per heavy atom. The largest absolute Gasteiger partial charge is 0.494 e. The van der Waals surface area contributed by atoms with E-state index in [0.29, 0.717) is 25.3 Å². The van der Waals surface area contributed by atoms with Gasteiger partial charge in [-0.3, -0.25) is 4.40 Å². The molecule has 2 aromatic heterocycles. The van der Waals surface area contributed by atoms with Crippen molar-refractivity contribution in [2.75, 3.05) is 20.3 Å². The number of rotatable bonds is 2. The maximum Gasteiger partial charge on any atom is 0.452 e. The van der Waals surface area contributed by atoms with E-state index in [2.05, 4.69) is 15.2 Å². The average Bonchev–Trinajstić information content (AvgIpc) is 3.22. The van der Waals surface area contributed by atoms with Crippen LogP contribution in [0.3, 0.4) is 0 Å². The third-order valence-corrected chi connectivity index (χ3v) is 4.17. The average molecular weight is 356 g/mol. The van der Waals surface area contributed by atoms with Gasteiger partial charge < -0.3 is 9.47 Å². The number of fused-ring (bicyclic) bond motifs is 3. The number of halogens is 4. The fourth-order valence-electron chi connectivity index (χ4n) is 3.06. The van der Waals surface area contributed by atoms with Gasteiger partial charge in [0.05, 0.1) is 24.9 Å². The third-order valence-electron chi connectivity index (χ3n) is 4.17. The zero-order chi connectivity index (χ0) is 17.8. The summed E-state index contributed by atoms with van der Waals surface area (Å²) in [6.45, 7) is 0.809. The molecule has 0 spiro atoms. The minimum Gasteiger partial charge on any atom is -0.494 e. The van der Waals surface area contributed by atoms with Gasteiger partial charge in [-0.15, -0.1) is 10.2 Å². The lowest BCUT2D eigenvalue weighted by Crippen LogP contribution is -2.13. The summed E-state index contributed by atoms with van der Waals surface area (Å²) in [5, 5.41) is 6.95. The second kappa shape index (κ2) is 5.51. The summed E-state index contributed by atoms with van der Waals surface area (Å²) >= 11 is 0. The number of benzene rings is 1. The number of methoxy groups -OCH3 is 1. The molecule has 3 heterocycles. The van der Waals surface area contributed by atoms with Gasteiger partial charge in [-0.25, -0.2) is 9.37 Å². The fraction of sp³-hybridized carbons (Fsp3) is 0.400. The zero-order valence-corrected chi connectivity index (χ0v) is 13.0. The van der Waals surface area contributed by atoms with Crippen LogP contribution in [0.5, 0.6) is 5.75 Å². The van der Waals surface area contributed by atoms with Gasteiger partial charge in [0.25, 0.3) is 0 Å². The summed E-state index contributed by atoms with van der Waals surface area (Å²) in [5.74, 6) is -2.15. The van der Waals surface area contributed by atoms with E-state index in [1.807, 2.05) is 0 Å². The van der Waals surface area contributed by atoms with Gasteiger partial charge in [-0.1, -0.05) is 0 Å². The minimum atomic E-state index is -4.75. The molecule has 25 heavy (non-hydrogen) atoms. The first-order valence-corrected chi connectivity index (χ1v) is 7.47. The smallest absolute Gasteiger partial charge is 0.452 e. The molecular weight excluding hydrogens is 344 g/mol. The van der Waals surface area contributed by atoms with E-state index in [0.717, 1.165) is 16.5 Å². The molecule has 1 atom stereocenters. The normalized spacial score (nSPS) is 18.4. The van der Waals surface area contributed by atoms with E-state index in [1.165, 1.54) is 7.11 Å². The molecule has 0 aliphatic carbocycles. The van der Waals surface area contributed by atoms with Gasteiger partial charge in [0.15, 0.2) is 5.65 Å². The number of nitrogens with zero attached hydrogens (tertiary/aromatic N) is 4. The number of hydrogen-bond donors (Lipinski definition) is 0. The van der Waals surface area contributed by atoms with Gasteiger partial charge in [0, 0.05) is 24.7 Å². The number of hydrogen-bond acceptors (Lipinski definition) is 5. The van der Waals surface area contributed by atoms with Crippen molar-refractivity contribution in [1.82, 2.24) is 19.6 Å². The van der Waals surface area contributed by atoms with Gasteiger partial charge in [-0.05, 0) is 6.42 Å². The highest BCUT2D eigenvalue weighted by atomic mass is 19.4. The molecule has 1 aliphatic heterocycles. The second-order valence-corrected chi connectivity index (χ2v) is 5.71. The van der Waals surface area contributed by atoms with Crippen LogP contribution in [0.4, 0.5) is 17.6 Å². The number of aromatic nitrogens is 4. The molecule has 6 nitrogen and oxygen atoms in total. The van der Waals surface area contributed by atoms with E-state index in [4.69, 9.17) is 9.47 Å². The molecule has 1 fully saturated rings. The third kappa shape index (κ3) is 2.48. The highest BCUT2D eigenvalue weighted by Gasteiger charge is 2.39. The predicted octanol–water partition coefficient (Wildman–Crippen LogP) is 2.95. The van der Waals surface area contributed by atoms with Crippen molar-refractivity contribution in [2.45, 2.75) is 18.5 Å². The van der Waals surface area contributed by atoms with Crippen LogP contribution in [0.25, 0.3) is 16.7 Å². The van der Waals surface area contributed by atoms with Crippen LogP contribution < -0.4 is 4.74 Å². The van der Waals surface area contributed by atoms with E-state index >= 15 is 0 Å². The van der Waals surface area contributed by atoms with Crippen LogP contribution in [-0.4, -0.2) is 39.9 Å². The maximum atomic E-state index is 13.9. The predicted molar refractivity (Wildman–Crippen MR) is 78.0 cm³/mol. The molecule has 0 N–H and O–H groups in total. The van der Waals surface area contributed by atoms with E-state index < -0.39 is 17.8 Å². The first kappa shape index (κ1) is 16.0. The molecule has 0 radical (unpaired) electrons. The van der Waals surface area contributed by atoms with Crippen LogP contribution in [0.2, 0.25) is 0 Å². The highest BCUT2D eigenvalue weighted by molar-refractivity contribution is 5.84. The molecule has 10 heteroatoms. The van der Waals surface area contributed by atoms with Crippen molar-refractivity contribution in [1.29, 1.82) is 0 Å². The lowest BCUT2D eigenvalue weighted by atomic mass is 10.0. The Morgan fingerprint density at radius 3 is 2.72 bits per heavy atom. The Hall–Kier alpha value is -2.49. The molecule has 1 aliphatic rings. The minimum absolute atomic E-state index is 0.0406. The Balaban J connectivity index is 2.15. The molecule has 132 valence electrons. The van der Waals surface area contributed by atoms with Crippen molar-refractivity contribution in [3.63, 3.8) is 0 Å². The van der Waals surface area contributed by atoms with Gasteiger partial charge in [0.1, 0.15) is 17.1 Å². The molecule has 1 unspecified atom stereocenters. The summed E-state index contributed by atoms with van der Waals surface area (Å²) in [7, 11) is 1.30. The summed E-state index contributed by atoms with van der Waals surface area (Å²) < 4.78 is 65.2.